The van der Waals surface area contributed by atoms with Crippen LogP contribution in [0.15, 0.2) is 24.4 Å². The van der Waals surface area contributed by atoms with Crippen LogP contribution in [0.2, 0.25) is 0 Å². The van der Waals surface area contributed by atoms with Crippen LogP contribution in [-0.2, 0) is 23.7 Å². The van der Waals surface area contributed by atoms with Crippen LogP contribution in [0.5, 0.6) is 0 Å². The normalized spacial score (nSPS) is 18.0. The van der Waals surface area contributed by atoms with E-state index in [9.17, 15) is 4.79 Å². The van der Waals surface area contributed by atoms with E-state index in [1.165, 1.54) is 12.8 Å². The highest BCUT2D eigenvalue weighted by Crippen LogP contribution is 2.42. The fourth-order valence-electron chi connectivity index (χ4n) is 3.96. The van der Waals surface area contributed by atoms with Gasteiger partial charge in [-0.05, 0) is 56.4 Å². The van der Waals surface area contributed by atoms with Gasteiger partial charge in [0.2, 0.25) is 5.91 Å². The molecule has 1 aliphatic carbocycles. The summed E-state index contributed by atoms with van der Waals surface area (Å²) in [5.74, 6) is 3.15. The molecule has 28 heavy (non-hydrogen) atoms. The maximum atomic E-state index is 12.6. The molecule has 1 saturated carbocycles. The van der Waals surface area contributed by atoms with E-state index >= 15 is 0 Å². The van der Waals surface area contributed by atoms with Crippen molar-refractivity contribution in [3.05, 3.63) is 35.8 Å². The lowest BCUT2D eigenvalue weighted by Gasteiger charge is -2.16. The van der Waals surface area contributed by atoms with Gasteiger partial charge in [-0.15, -0.1) is 10.2 Å². The Morgan fingerprint density at radius 1 is 1.21 bits per heavy atom. The van der Waals surface area contributed by atoms with Crippen molar-refractivity contribution in [2.45, 2.75) is 38.5 Å². The molecule has 1 aromatic carbocycles. The Morgan fingerprint density at radius 3 is 2.68 bits per heavy atom. The van der Waals surface area contributed by atoms with Gasteiger partial charge in [0, 0.05) is 31.8 Å². The number of aryl methyl sites for hydroxylation is 1. The Labute approximate surface area is 163 Å². The summed E-state index contributed by atoms with van der Waals surface area (Å²) >= 11 is 0. The number of carbonyl (C=O) groups is 1. The Hall–Kier alpha value is -3.03. The molecule has 0 unspecified atom stereocenters. The van der Waals surface area contributed by atoms with Gasteiger partial charge in [0.15, 0.2) is 17.5 Å². The third-order valence-corrected chi connectivity index (χ3v) is 5.86. The maximum Gasteiger partial charge on any atom is 0.236 e. The lowest BCUT2D eigenvalue weighted by Crippen LogP contribution is -2.33. The van der Waals surface area contributed by atoms with Crippen molar-refractivity contribution >= 4 is 11.6 Å². The van der Waals surface area contributed by atoms with E-state index in [-0.39, 0.29) is 5.91 Å². The summed E-state index contributed by atoms with van der Waals surface area (Å²) in [4.78, 5) is 19.2. The minimum Gasteiger partial charge on any atom is -0.314 e. The monoisotopic (exact) mass is 377 g/mol. The molecule has 5 rings (SSSR count). The van der Waals surface area contributed by atoms with Gasteiger partial charge < -0.3 is 4.90 Å². The Morgan fingerprint density at radius 2 is 2.00 bits per heavy atom. The molecule has 0 bridgehead atoms. The van der Waals surface area contributed by atoms with E-state index in [2.05, 4.69) is 16.4 Å². The van der Waals surface area contributed by atoms with Gasteiger partial charge >= 0.3 is 0 Å². The quantitative estimate of drug-likeness (QED) is 0.697. The van der Waals surface area contributed by atoms with E-state index in [0.717, 1.165) is 40.7 Å². The molecule has 144 valence electrons. The fraction of sp³-hybridized carbons (Fsp3) is 0.450. The SMILES string of the molecule is CN1C(=O)C(C)(C)c2cc(-c3nc(CC4CC4)nn3-c3cnnn3C)ccc21. The van der Waals surface area contributed by atoms with Crippen molar-refractivity contribution in [2.75, 3.05) is 11.9 Å². The van der Waals surface area contributed by atoms with E-state index in [1.54, 1.807) is 15.8 Å². The van der Waals surface area contributed by atoms with Gasteiger partial charge in [0.1, 0.15) is 0 Å². The molecule has 0 spiro atoms. The van der Waals surface area contributed by atoms with E-state index in [0.29, 0.717) is 5.92 Å². The van der Waals surface area contributed by atoms with Crippen LogP contribution in [0.25, 0.3) is 17.2 Å². The molecule has 0 saturated heterocycles. The highest BCUT2D eigenvalue weighted by Gasteiger charge is 2.42. The largest absolute Gasteiger partial charge is 0.314 e. The summed E-state index contributed by atoms with van der Waals surface area (Å²) in [5, 5.41) is 12.8. The van der Waals surface area contributed by atoms with Crippen molar-refractivity contribution < 1.29 is 4.79 Å². The first-order valence-corrected chi connectivity index (χ1v) is 9.60. The zero-order chi connectivity index (χ0) is 19.6. The fourth-order valence-corrected chi connectivity index (χ4v) is 3.96. The lowest BCUT2D eigenvalue weighted by molar-refractivity contribution is -0.121. The minimum atomic E-state index is -0.560. The van der Waals surface area contributed by atoms with Gasteiger partial charge in [-0.25, -0.2) is 9.67 Å². The third-order valence-electron chi connectivity index (χ3n) is 5.86. The Kier molecular flexibility index (Phi) is 3.50. The molecule has 1 aliphatic heterocycles. The van der Waals surface area contributed by atoms with Crippen molar-refractivity contribution in [3.8, 4) is 17.2 Å². The number of nitrogens with zero attached hydrogens (tertiary/aromatic N) is 7. The number of carbonyl (C=O) groups excluding carboxylic acids is 1. The van der Waals surface area contributed by atoms with Gasteiger partial charge in [-0.1, -0.05) is 5.21 Å². The number of hydrogen-bond donors (Lipinski definition) is 0. The van der Waals surface area contributed by atoms with E-state index in [4.69, 9.17) is 10.1 Å². The van der Waals surface area contributed by atoms with Crippen LogP contribution in [0.3, 0.4) is 0 Å². The Balaban J connectivity index is 1.65. The molecule has 0 N–H and O–H groups in total. The van der Waals surface area contributed by atoms with Crippen LogP contribution in [-0.4, -0.2) is 42.7 Å². The second-order valence-electron chi connectivity index (χ2n) is 8.35. The van der Waals surface area contributed by atoms with Crippen molar-refractivity contribution in [3.63, 3.8) is 0 Å². The van der Waals surface area contributed by atoms with Crippen LogP contribution in [0.1, 0.15) is 38.1 Å². The summed E-state index contributed by atoms with van der Waals surface area (Å²) in [7, 11) is 3.67. The molecule has 2 aliphatic rings. The lowest BCUT2D eigenvalue weighted by atomic mass is 9.85. The molecule has 2 aromatic heterocycles. The summed E-state index contributed by atoms with van der Waals surface area (Å²) in [6, 6.07) is 6.08. The molecular formula is C20H23N7O. The van der Waals surface area contributed by atoms with Crippen molar-refractivity contribution in [2.24, 2.45) is 13.0 Å². The second-order valence-corrected chi connectivity index (χ2v) is 8.35. The van der Waals surface area contributed by atoms with Crippen molar-refractivity contribution in [1.82, 2.24) is 29.8 Å². The van der Waals surface area contributed by atoms with Crippen LogP contribution in [0.4, 0.5) is 5.69 Å². The first-order chi connectivity index (χ1) is 13.4. The molecule has 3 aromatic rings. The predicted molar refractivity (Wildman–Crippen MR) is 104 cm³/mol. The number of aromatic nitrogens is 6. The first-order valence-electron chi connectivity index (χ1n) is 9.60. The summed E-state index contributed by atoms with van der Waals surface area (Å²) in [6.45, 7) is 3.94. The third kappa shape index (κ3) is 2.47. The molecule has 8 heteroatoms. The van der Waals surface area contributed by atoms with Gasteiger partial charge in [0.05, 0.1) is 11.6 Å². The van der Waals surface area contributed by atoms with E-state index in [1.807, 2.05) is 44.8 Å². The molecule has 1 amide bonds. The average molecular weight is 377 g/mol. The number of anilines is 1. The zero-order valence-electron chi connectivity index (χ0n) is 16.5. The number of fused-ring (bicyclic) bond motifs is 1. The Bertz CT molecular complexity index is 1090. The number of hydrogen-bond acceptors (Lipinski definition) is 5. The number of amides is 1. The number of likely N-dealkylation sites (N-methyl/N-ethyl adjacent to an activating group) is 1. The highest BCUT2D eigenvalue weighted by molar-refractivity contribution is 6.07. The first kappa shape index (κ1) is 17.1. The van der Waals surface area contributed by atoms with E-state index < -0.39 is 5.41 Å². The molecule has 1 fully saturated rings. The van der Waals surface area contributed by atoms with Crippen LogP contribution < -0.4 is 4.90 Å². The van der Waals surface area contributed by atoms with Gasteiger partial charge in [-0.2, -0.15) is 4.68 Å². The molecule has 3 heterocycles. The van der Waals surface area contributed by atoms with Gasteiger partial charge in [-0.3, -0.25) is 4.79 Å². The minimum absolute atomic E-state index is 0.103. The van der Waals surface area contributed by atoms with Crippen LogP contribution >= 0.6 is 0 Å². The van der Waals surface area contributed by atoms with Crippen LogP contribution in [0, 0.1) is 5.92 Å². The summed E-state index contributed by atoms with van der Waals surface area (Å²) in [6.07, 6.45) is 5.08. The molecule has 8 nitrogen and oxygen atoms in total. The average Bonchev–Trinajstić information content (AvgIpc) is 3.18. The number of benzene rings is 1. The smallest absolute Gasteiger partial charge is 0.236 e. The summed E-state index contributed by atoms with van der Waals surface area (Å²) in [5.41, 5.74) is 2.34. The molecule has 0 atom stereocenters. The maximum absolute atomic E-state index is 12.6. The standard InChI is InChI=1S/C20H23N7O/c1-20(2)14-10-13(7-8-15(14)25(3)19(20)28)18-22-16(9-12-5-6-12)23-27(18)17-11-21-24-26(17)4/h7-8,10-12H,5-6,9H2,1-4H3. The second kappa shape index (κ2) is 5.73. The highest BCUT2D eigenvalue weighted by atomic mass is 16.2. The number of rotatable bonds is 4. The summed E-state index contributed by atoms with van der Waals surface area (Å²) < 4.78 is 3.50. The predicted octanol–water partition coefficient (Wildman–Crippen LogP) is 2.27. The molecule has 0 radical (unpaired) electrons. The van der Waals surface area contributed by atoms with Gasteiger partial charge in [0.25, 0.3) is 0 Å². The van der Waals surface area contributed by atoms with Crippen molar-refractivity contribution in [1.29, 1.82) is 0 Å². The zero-order valence-corrected chi connectivity index (χ0v) is 16.5. The topological polar surface area (TPSA) is 81.7 Å². The molecular weight excluding hydrogens is 354 g/mol.